The molecule has 0 bridgehead atoms. The van der Waals surface area contributed by atoms with Crippen molar-refractivity contribution < 1.29 is 12.8 Å². The zero-order valence-electron chi connectivity index (χ0n) is 8.64. The summed E-state index contributed by atoms with van der Waals surface area (Å²) in [6.45, 7) is 0.373. The van der Waals surface area contributed by atoms with Crippen molar-refractivity contribution in [3.05, 3.63) is 30.1 Å². The number of sulfonamides is 1. The lowest BCUT2D eigenvalue weighted by molar-refractivity contribution is 0.585. The lowest BCUT2D eigenvalue weighted by atomic mass is 10.2. The number of hydrogen-bond donors (Lipinski definition) is 1. The van der Waals surface area contributed by atoms with Gasteiger partial charge in [-0.25, -0.2) is 12.8 Å². The molecule has 0 radical (unpaired) electrons. The largest absolute Gasteiger partial charge is 0.329 e. The molecule has 0 aromatic heterocycles. The first-order valence-corrected chi connectivity index (χ1v) is 6.54. The summed E-state index contributed by atoms with van der Waals surface area (Å²) in [5, 5.41) is -0.591. The van der Waals surface area contributed by atoms with Gasteiger partial charge in [-0.1, -0.05) is 12.1 Å². The Labute approximate surface area is 93.9 Å². The van der Waals surface area contributed by atoms with E-state index in [1.165, 1.54) is 18.2 Å². The average molecular weight is 244 g/mol. The van der Waals surface area contributed by atoms with Gasteiger partial charge in [-0.2, -0.15) is 0 Å². The molecule has 0 saturated carbocycles. The second-order valence-corrected chi connectivity index (χ2v) is 5.85. The summed E-state index contributed by atoms with van der Waals surface area (Å²) < 4.78 is 38.5. The van der Waals surface area contributed by atoms with Gasteiger partial charge in [0.2, 0.25) is 10.0 Å². The standard InChI is InChI=1S/C10H13FN2O2S/c11-9-3-1-2-4-10(9)13-6-5-8(7-12)16(13,14)15/h1-4,8H,5-7,12H2/t8-/m0/s1. The molecule has 0 aliphatic carbocycles. The molecule has 6 heteroatoms. The van der Waals surface area contributed by atoms with Crippen LogP contribution in [0.5, 0.6) is 0 Å². The molecule has 0 spiro atoms. The third-order valence-corrected chi connectivity index (χ3v) is 5.03. The van der Waals surface area contributed by atoms with Gasteiger partial charge in [-0.05, 0) is 18.6 Å². The zero-order valence-corrected chi connectivity index (χ0v) is 9.45. The number of benzene rings is 1. The van der Waals surface area contributed by atoms with E-state index in [0.717, 1.165) is 4.31 Å². The Bertz CT molecular complexity index is 489. The van der Waals surface area contributed by atoms with E-state index in [-0.39, 0.29) is 12.2 Å². The Morgan fingerprint density at radius 1 is 1.44 bits per heavy atom. The molecule has 0 unspecified atom stereocenters. The third-order valence-electron chi connectivity index (χ3n) is 2.77. The van der Waals surface area contributed by atoms with Crippen molar-refractivity contribution in [3.8, 4) is 0 Å². The van der Waals surface area contributed by atoms with Crippen molar-refractivity contribution in [1.29, 1.82) is 0 Å². The van der Waals surface area contributed by atoms with Crippen LogP contribution in [0.25, 0.3) is 0 Å². The van der Waals surface area contributed by atoms with Crippen LogP contribution in [0.1, 0.15) is 6.42 Å². The number of halogens is 1. The van der Waals surface area contributed by atoms with E-state index in [9.17, 15) is 12.8 Å². The minimum Gasteiger partial charge on any atom is -0.329 e. The van der Waals surface area contributed by atoms with Gasteiger partial charge in [0.1, 0.15) is 5.82 Å². The molecule has 1 aromatic carbocycles. The van der Waals surface area contributed by atoms with Crippen LogP contribution in [-0.2, 0) is 10.0 Å². The van der Waals surface area contributed by atoms with Gasteiger partial charge in [0.05, 0.1) is 10.9 Å². The molecule has 1 saturated heterocycles. The van der Waals surface area contributed by atoms with Gasteiger partial charge in [0, 0.05) is 13.1 Å². The molecule has 1 aromatic rings. The smallest absolute Gasteiger partial charge is 0.239 e. The first-order valence-electron chi connectivity index (χ1n) is 5.03. The maximum absolute atomic E-state index is 13.5. The van der Waals surface area contributed by atoms with Crippen molar-refractivity contribution in [1.82, 2.24) is 0 Å². The first-order chi connectivity index (χ1) is 7.57. The lowest BCUT2D eigenvalue weighted by Crippen LogP contribution is -2.33. The average Bonchev–Trinajstić information content (AvgIpc) is 2.54. The van der Waals surface area contributed by atoms with Crippen LogP contribution >= 0.6 is 0 Å². The number of para-hydroxylation sites is 1. The lowest BCUT2D eigenvalue weighted by Gasteiger charge is -2.18. The molecular formula is C10H13FN2O2S. The topological polar surface area (TPSA) is 63.4 Å². The molecule has 2 N–H and O–H groups in total. The van der Waals surface area contributed by atoms with Crippen molar-refractivity contribution in [2.24, 2.45) is 5.73 Å². The highest BCUT2D eigenvalue weighted by Gasteiger charge is 2.38. The number of hydrogen-bond acceptors (Lipinski definition) is 3. The molecular weight excluding hydrogens is 231 g/mol. The van der Waals surface area contributed by atoms with E-state index in [1.807, 2.05) is 0 Å². The van der Waals surface area contributed by atoms with Gasteiger partial charge in [-0.15, -0.1) is 0 Å². The van der Waals surface area contributed by atoms with Crippen LogP contribution in [0.3, 0.4) is 0 Å². The maximum Gasteiger partial charge on any atom is 0.239 e. The van der Waals surface area contributed by atoms with E-state index in [0.29, 0.717) is 13.0 Å². The molecule has 1 atom stereocenters. The van der Waals surface area contributed by atoms with Gasteiger partial charge in [0.25, 0.3) is 0 Å². The minimum atomic E-state index is -3.49. The third kappa shape index (κ3) is 1.68. The first kappa shape index (κ1) is 11.3. The SMILES string of the molecule is NC[C@@H]1CCN(c2ccccc2F)S1(=O)=O. The molecule has 1 aliphatic heterocycles. The quantitative estimate of drug-likeness (QED) is 0.832. The van der Waals surface area contributed by atoms with Crippen LogP contribution in [0.15, 0.2) is 24.3 Å². The predicted molar refractivity (Wildman–Crippen MR) is 60.1 cm³/mol. The summed E-state index contributed by atoms with van der Waals surface area (Å²) in [7, 11) is -3.49. The highest BCUT2D eigenvalue weighted by Crippen LogP contribution is 2.29. The second-order valence-electron chi connectivity index (χ2n) is 3.71. The summed E-state index contributed by atoms with van der Waals surface area (Å²) in [4.78, 5) is 0. The number of anilines is 1. The fourth-order valence-electron chi connectivity index (χ4n) is 1.87. The summed E-state index contributed by atoms with van der Waals surface area (Å²) in [6.07, 6.45) is 0.452. The highest BCUT2D eigenvalue weighted by molar-refractivity contribution is 7.93. The molecule has 1 heterocycles. The minimum absolute atomic E-state index is 0.0767. The molecule has 1 aliphatic rings. The predicted octanol–water partition coefficient (Wildman–Crippen LogP) is 0.693. The molecule has 16 heavy (non-hydrogen) atoms. The summed E-state index contributed by atoms with van der Waals surface area (Å²) in [5.74, 6) is -0.524. The summed E-state index contributed by atoms with van der Waals surface area (Å²) in [6, 6.07) is 5.86. The van der Waals surface area contributed by atoms with Gasteiger partial charge >= 0.3 is 0 Å². The van der Waals surface area contributed by atoms with E-state index in [4.69, 9.17) is 5.73 Å². The molecule has 2 rings (SSSR count). The maximum atomic E-state index is 13.5. The van der Waals surface area contributed by atoms with Gasteiger partial charge in [0.15, 0.2) is 0 Å². The fraction of sp³-hybridized carbons (Fsp3) is 0.400. The molecule has 88 valence electrons. The van der Waals surface area contributed by atoms with Crippen LogP contribution in [0, 0.1) is 5.82 Å². The van der Waals surface area contributed by atoms with Gasteiger partial charge < -0.3 is 5.73 Å². The van der Waals surface area contributed by atoms with Crippen molar-refractivity contribution in [2.45, 2.75) is 11.7 Å². The Kier molecular flexibility index (Phi) is 2.86. The van der Waals surface area contributed by atoms with Crippen LogP contribution < -0.4 is 10.0 Å². The normalized spacial score (nSPS) is 23.6. The Morgan fingerprint density at radius 3 is 2.69 bits per heavy atom. The Morgan fingerprint density at radius 2 is 2.12 bits per heavy atom. The molecule has 4 nitrogen and oxygen atoms in total. The van der Waals surface area contributed by atoms with Crippen molar-refractivity contribution in [2.75, 3.05) is 17.4 Å². The van der Waals surface area contributed by atoms with Crippen LogP contribution in [-0.4, -0.2) is 26.8 Å². The molecule has 1 fully saturated rings. The van der Waals surface area contributed by atoms with E-state index < -0.39 is 21.1 Å². The number of rotatable bonds is 2. The Hall–Kier alpha value is -1.14. The van der Waals surface area contributed by atoms with Gasteiger partial charge in [-0.3, -0.25) is 4.31 Å². The highest BCUT2D eigenvalue weighted by atomic mass is 32.2. The van der Waals surface area contributed by atoms with Crippen LogP contribution in [0.4, 0.5) is 10.1 Å². The van der Waals surface area contributed by atoms with E-state index in [1.54, 1.807) is 6.07 Å². The summed E-state index contributed by atoms with van der Waals surface area (Å²) in [5.41, 5.74) is 5.50. The molecule has 0 amide bonds. The van der Waals surface area contributed by atoms with E-state index >= 15 is 0 Å². The number of nitrogens with two attached hydrogens (primary N) is 1. The monoisotopic (exact) mass is 244 g/mol. The number of nitrogens with zero attached hydrogens (tertiary/aromatic N) is 1. The van der Waals surface area contributed by atoms with E-state index in [2.05, 4.69) is 0 Å². The van der Waals surface area contributed by atoms with Crippen LogP contribution in [0.2, 0.25) is 0 Å². The fourth-order valence-corrected chi connectivity index (χ4v) is 3.66. The van der Waals surface area contributed by atoms with Crippen molar-refractivity contribution in [3.63, 3.8) is 0 Å². The summed E-state index contributed by atoms with van der Waals surface area (Å²) >= 11 is 0. The van der Waals surface area contributed by atoms with Crippen molar-refractivity contribution >= 4 is 15.7 Å². The Balaban J connectivity index is 2.42. The zero-order chi connectivity index (χ0) is 11.8. The second kappa shape index (κ2) is 4.03.